The molecule has 1 amide bonds. The first-order valence-corrected chi connectivity index (χ1v) is 12.9. The molecule has 0 aliphatic carbocycles. The normalized spacial score (nSPS) is 11.7. The van der Waals surface area contributed by atoms with Gasteiger partial charge < -0.3 is 15.7 Å². The highest BCUT2D eigenvalue weighted by Crippen LogP contribution is 2.31. The zero-order valence-electron chi connectivity index (χ0n) is 20.8. The molecule has 3 aromatic carbocycles. The summed E-state index contributed by atoms with van der Waals surface area (Å²) in [6.07, 6.45) is 1.06. The number of carboxylic acid groups (broad SMARTS) is 1. The average molecular weight is 541 g/mol. The van der Waals surface area contributed by atoms with Crippen LogP contribution in [0.25, 0.3) is 11.1 Å². The number of carbonyl (C=O) groups excluding carboxylic acids is 2. The first-order valence-electron chi connectivity index (χ1n) is 12.1. The molecule has 194 valence electrons. The van der Waals surface area contributed by atoms with Gasteiger partial charge in [0.15, 0.2) is 5.78 Å². The van der Waals surface area contributed by atoms with E-state index in [-0.39, 0.29) is 30.4 Å². The number of amides is 1. The lowest BCUT2D eigenvalue weighted by molar-refractivity contribution is -0.137. The van der Waals surface area contributed by atoms with Gasteiger partial charge in [-0.25, -0.2) is 0 Å². The monoisotopic (exact) mass is 540 g/mol. The number of benzene rings is 3. The first-order chi connectivity index (χ1) is 17.6. The van der Waals surface area contributed by atoms with Crippen LogP contribution in [-0.4, -0.2) is 28.8 Å². The highest BCUT2D eigenvalue weighted by Gasteiger charge is 2.20. The molecule has 0 heterocycles. The van der Waals surface area contributed by atoms with Crippen molar-refractivity contribution in [3.63, 3.8) is 0 Å². The van der Waals surface area contributed by atoms with E-state index in [1.54, 1.807) is 36.4 Å². The van der Waals surface area contributed by atoms with Crippen molar-refractivity contribution in [2.45, 2.75) is 45.6 Å². The van der Waals surface area contributed by atoms with Crippen molar-refractivity contribution in [2.75, 3.05) is 10.6 Å². The summed E-state index contributed by atoms with van der Waals surface area (Å²) in [6.45, 7) is 4.09. The fraction of sp³-hybridized carbons (Fsp3) is 0.276. The third-order valence-corrected chi connectivity index (χ3v) is 6.31. The van der Waals surface area contributed by atoms with Crippen LogP contribution >= 0.6 is 23.2 Å². The largest absolute Gasteiger partial charge is 0.481 e. The number of Topliss-reactive ketones (excluding diaryl/α,β-unsaturated/α-hetero) is 1. The second kappa shape index (κ2) is 13.3. The summed E-state index contributed by atoms with van der Waals surface area (Å²) in [6, 6.07) is 19.2. The van der Waals surface area contributed by atoms with Gasteiger partial charge in [0.05, 0.1) is 0 Å². The average Bonchev–Trinajstić information content (AvgIpc) is 2.84. The zero-order chi connectivity index (χ0) is 26.9. The summed E-state index contributed by atoms with van der Waals surface area (Å²) >= 11 is 12.3. The zero-order valence-corrected chi connectivity index (χ0v) is 22.3. The van der Waals surface area contributed by atoms with E-state index in [0.717, 1.165) is 16.8 Å². The molecular weight excluding hydrogens is 511 g/mol. The Morgan fingerprint density at radius 1 is 0.865 bits per heavy atom. The molecule has 1 atom stereocenters. The Hall–Kier alpha value is -3.35. The standard InChI is InChI=1S/C29H30Cl2N2O4/c1-18(2)16-26(32-22-13-8-20(9-14-22)27(34)4-3-5-28(35)36)29(37)33-23-11-6-19(7-12-23)24-15-10-21(30)17-25(24)31/h6-15,17-18,26,32H,3-5,16H2,1-2H3,(H,33,37)(H,35,36)/t26-/m0/s1. The maximum atomic E-state index is 13.1. The Morgan fingerprint density at radius 3 is 2.11 bits per heavy atom. The number of aliphatic carboxylic acids is 1. The summed E-state index contributed by atoms with van der Waals surface area (Å²) in [7, 11) is 0. The number of carbonyl (C=O) groups is 3. The summed E-state index contributed by atoms with van der Waals surface area (Å²) in [5.74, 6) is -0.913. The second-order valence-corrected chi connectivity index (χ2v) is 10.1. The van der Waals surface area contributed by atoms with Gasteiger partial charge in [0.25, 0.3) is 0 Å². The van der Waals surface area contributed by atoms with Crippen LogP contribution in [-0.2, 0) is 9.59 Å². The van der Waals surface area contributed by atoms with Gasteiger partial charge in [-0.15, -0.1) is 0 Å². The van der Waals surface area contributed by atoms with Crippen LogP contribution in [0.5, 0.6) is 0 Å². The Morgan fingerprint density at radius 2 is 1.51 bits per heavy atom. The number of anilines is 2. The highest BCUT2D eigenvalue weighted by atomic mass is 35.5. The Bertz CT molecular complexity index is 1240. The van der Waals surface area contributed by atoms with E-state index in [1.165, 1.54) is 0 Å². The van der Waals surface area contributed by atoms with Gasteiger partial charge in [0, 0.05) is 45.4 Å². The van der Waals surface area contributed by atoms with Crippen LogP contribution in [0, 0.1) is 5.92 Å². The molecule has 0 aliphatic heterocycles. The van der Waals surface area contributed by atoms with Crippen LogP contribution < -0.4 is 10.6 Å². The molecule has 3 rings (SSSR count). The maximum absolute atomic E-state index is 13.1. The van der Waals surface area contributed by atoms with Crippen LogP contribution in [0.1, 0.15) is 49.9 Å². The van der Waals surface area contributed by atoms with Crippen molar-refractivity contribution >= 4 is 52.2 Å². The van der Waals surface area contributed by atoms with Crippen molar-refractivity contribution in [1.82, 2.24) is 0 Å². The lowest BCUT2D eigenvalue weighted by Gasteiger charge is -2.21. The van der Waals surface area contributed by atoms with Crippen LogP contribution in [0.15, 0.2) is 66.7 Å². The SMILES string of the molecule is CC(C)C[C@H](Nc1ccc(C(=O)CCCC(=O)O)cc1)C(=O)Nc1ccc(-c2ccc(Cl)cc2Cl)cc1. The number of hydrogen-bond donors (Lipinski definition) is 3. The Kier molecular flexibility index (Phi) is 10.1. The number of hydrogen-bond acceptors (Lipinski definition) is 4. The molecular formula is C29H30Cl2N2O4. The van der Waals surface area contributed by atoms with Crippen molar-refractivity contribution in [3.05, 3.63) is 82.3 Å². The highest BCUT2D eigenvalue weighted by molar-refractivity contribution is 6.36. The molecule has 0 saturated carbocycles. The summed E-state index contributed by atoms with van der Waals surface area (Å²) < 4.78 is 0. The van der Waals surface area contributed by atoms with Gasteiger partial charge >= 0.3 is 5.97 Å². The molecule has 3 aromatic rings. The Labute approximate surface area is 227 Å². The third kappa shape index (κ3) is 8.62. The minimum Gasteiger partial charge on any atom is -0.481 e. The molecule has 0 saturated heterocycles. The Balaban J connectivity index is 1.65. The summed E-state index contributed by atoms with van der Waals surface area (Å²) in [4.78, 5) is 36.1. The van der Waals surface area contributed by atoms with Crippen molar-refractivity contribution in [3.8, 4) is 11.1 Å². The van der Waals surface area contributed by atoms with Gasteiger partial charge in [-0.05, 0) is 72.9 Å². The van der Waals surface area contributed by atoms with E-state index in [0.29, 0.717) is 34.1 Å². The van der Waals surface area contributed by atoms with Gasteiger partial charge in [0.1, 0.15) is 6.04 Å². The lowest BCUT2D eigenvalue weighted by Crippen LogP contribution is -2.35. The molecule has 0 aromatic heterocycles. The molecule has 0 radical (unpaired) electrons. The van der Waals surface area contributed by atoms with Crippen LogP contribution in [0.2, 0.25) is 10.0 Å². The van der Waals surface area contributed by atoms with Gasteiger partial charge in [-0.2, -0.15) is 0 Å². The fourth-order valence-electron chi connectivity index (χ4n) is 3.89. The van der Waals surface area contributed by atoms with Crippen LogP contribution in [0.4, 0.5) is 11.4 Å². The molecule has 6 nitrogen and oxygen atoms in total. The quantitative estimate of drug-likeness (QED) is 0.206. The van der Waals surface area contributed by atoms with Crippen LogP contribution in [0.3, 0.4) is 0 Å². The lowest BCUT2D eigenvalue weighted by atomic mass is 10.0. The first kappa shape index (κ1) is 28.2. The van der Waals surface area contributed by atoms with E-state index in [2.05, 4.69) is 10.6 Å². The second-order valence-electron chi connectivity index (χ2n) is 9.27. The smallest absolute Gasteiger partial charge is 0.303 e. The van der Waals surface area contributed by atoms with E-state index >= 15 is 0 Å². The van der Waals surface area contributed by atoms with Crippen molar-refractivity contribution in [1.29, 1.82) is 0 Å². The minimum absolute atomic E-state index is 0.0328. The molecule has 37 heavy (non-hydrogen) atoms. The number of halogens is 2. The topological polar surface area (TPSA) is 95.5 Å². The van der Waals surface area contributed by atoms with E-state index < -0.39 is 12.0 Å². The van der Waals surface area contributed by atoms with Crippen molar-refractivity contribution in [2.24, 2.45) is 5.92 Å². The van der Waals surface area contributed by atoms with E-state index in [9.17, 15) is 14.4 Å². The molecule has 0 fully saturated rings. The van der Waals surface area contributed by atoms with E-state index in [1.807, 2.05) is 44.2 Å². The van der Waals surface area contributed by atoms with Crippen molar-refractivity contribution < 1.29 is 19.5 Å². The fourth-order valence-corrected chi connectivity index (χ4v) is 4.40. The number of carboxylic acids is 1. The minimum atomic E-state index is -0.913. The summed E-state index contributed by atoms with van der Waals surface area (Å²) in [5.41, 5.74) is 3.66. The molecule has 0 unspecified atom stereocenters. The van der Waals surface area contributed by atoms with Gasteiger partial charge in [-0.1, -0.05) is 55.2 Å². The molecule has 0 bridgehead atoms. The summed E-state index contributed by atoms with van der Waals surface area (Å²) in [5, 5.41) is 16.1. The maximum Gasteiger partial charge on any atom is 0.303 e. The van der Waals surface area contributed by atoms with E-state index in [4.69, 9.17) is 28.3 Å². The van der Waals surface area contributed by atoms with Gasteiger partial charge in [0.2, 0.25) is 5.91 Å². The number of ketones is 1. The molecule has 0 spiro atoms. The predicted octanol–water partition coefficient (Wildman–Crippen LogP) is 7.56. The third-order valence-electron chi connectivity index (χ3n) is 5.76. The number of nitrogens with one attached hydrogen (secondary N) is 2. The molecule has 0 aliphatic rings. The predicted molar refractivity (Wildman–Crippen MR) is 150 cm³/mol. The van der Waals surface area contributed by atoms with Gasteiger partial charge in [-0.3, -0.25) is 14.4 Å². The molecule has 3 N–H and O–H groups in total. The number of rotatable bonds is 12. The molecule has 8 heteroatoms.